The van der Waals surface area contributed by atoms with Crippen molar-refractivity contribution in [2.75, 3.05) is 34.8 Å². The number of piperidine rings is 1. The molecule has 1 unspecified atom stereocenters. The van der Waals surface area contributed by atoms with Crippen molar-refractivity contribution >= 4 is 28.9 Å². The molecule has 2 aromatic rings. The van der Waals surface area contributed by atoms with E-state index in [-0.39, 0.29) is 18.2 Å². The van der Waals surface area contributed by atoms with Crippen LogP contribution in [0, 0.1) is 0 Å². The lowest BCUT2D eigenvalue weighted by molar-refractivity contribution is -0.125. The zero-order valence-electron chi connectivity index (χ0n) is 16.8. The third kappa shape index (κ3) is 4.36. The van der Waals surface area contributed by atoms with Gasteiger partial charge in [-0.1, -0.05) is 12.1 Å². The predicted molar refractivity (Wildman–Crippen MR) is 115 cm³/mol. The number of fused-ring (bicyclic) bond motifs is 1. The van der Waals surface area contributed by atoms with Gasteiger partial charge in [0.1, 0.15) is 5.75 Å². The summed E-state index contributed by atoms with van der Waals surface area (Å²) in [5.41, 5.74) is 2.69. The van der Waals surface area contributed by atoms with Crippen LogP contribution in [0.4, 0.5) is 17.1 Å². The zero-order valence-corrected chi connectivity index (χ0v) is 16.8. The van der Waals surface area contributed by atoms with Crippen LogP contribution < -0.4 is 19.9 Å². The first-order valence-electron chi connectivity index (χ1n) is 10.3. The summed E-state index contributed by atoms with van der Waals surface area (Å²) in [5, 5.41) is 2.93. The van der Waals surface area contributed by atoms with E-state index in [4.69, 9.17) is 4.74 Å². The number of para-hydroxylation sites is 2. The van der Waals surface area contributed by atoms with E-state index in [0.717, 1.165) is 18.8 Å². The summed E-state index contributed by atoms with van der Waals surface area (Å²) in [4.78, 5) is 29.0. The Bertz CT molecular complexity index is 875. The summed E-state index contributed by atoms with van der Waals surface area (Å²) < 4.78 is 5.64. The number of hydrogen-bond donors (Lipinski definition) is 1. The SMILES string of the molecule is CC1Oc2ccccc2N(CCC(=O)Nc2ccc(N3CCCCC3)cc2)C1=O. The molecule has 0 saturated carbocycles. The van der Waals surface area contributed by atoms with Crippen molar-refractivity contribution in [3.63, 3.8) is 0 Å². The predicted octanol–water partition coefficient (Wildman–Crippen LogP) is 3.82. The van der Waals surface area contributed by atoms with Gasteiger partial charge in [-0.25, -0.2) is 0 Å². The fraction of sp³-hybridized carbons (Fsp3) is 0.391. The molecule has 6 heteroatoms. The van der Waals surface area contributed by atoms with Gasteiger partial charge in [-0.05, 0) is 62.6 Å². The molecule has 0 radical (unpaired) electrons. The number of rotatable bonds is 5. The molecule has 0 spiro atoms. The van der Waals surface area contributed by atoms with E-state index in [9.17, 15) is 9.59 Å². The molecule has 2 amide bonds. The van der Waals surface area contributed by atoms with Crippen LogP contribution in [0.1, 0.15) is 32.6 Å². The minimum Gasteiger partial charge on any atom is -0.479 e. The van der Waals surface area contributed by atoms with Gasteiger partial charge >= 0.3 is 0 Å². The first kappa shape index (κ1) is 19.3. The van der Waals surface area contributed by atoms with E-state index in [0.29, 0.717) is 18.0 Å². The molecular weight excluding hydrogens is 366 g/mol. The highest BCUT2D eigenvalue weighted by atomic mass is 16.5. The maximum atomic E-state index is 12.5. The lowest BCUT2D eigenvalue weighted by Crippen LogP contribution is -2.45. The quantitative estimate of drug-likeness (QED) is 0.839. The maximum Gasteiger partial charge on any atom is 0.267 e. The molecule has 4 rings (SSSR count). The molecule has 152 valence electrons. The van der Waals surface area contributed by atoms with E-state index in [1.807, 2.05) is 36.4 Å². The fourth-order valence-electron chi connectivity index (χ4n) is 3.93. The van der Waals surface area contributed by atoms with Crippen molar-refractivity contribution in [2.45, 2.75) is 38.7 Å². The largest absolute Gasteiger partial charge is 0.479 e. The second-order valence-electron chi connectivity index (χ2n) is 7.61. The van der Waals surface area contributed by atoms with Crippen LogP contribution in [0.5, 0.6) is 5.75 Å². The number of carbonyl (C=O) groups is 2. The van der Waals surface area contributed by atoms with Crippen LogP contribution in [-0.2, 0) is 9.59 Å². The molecule has 1 fully saturated rings. The minimum atomic E-state index is -0.546. The molecule has 1 saturated heterocycles. The van der Waals surface area contributed by atoms with Crippen LogP contribution in [0.3, 0.4) is 0 Å². The second-order valence-corrected chi connectivity index (χ2v) is 7.61. The van der Waals surface area contributed by atoms with Gasteiger partial charge in [0.05, 0.1) is 5.69 Å². The highest BCUT2D eigenvalue weighted by Gasteiger charge is 2.31. The van der Waals surface area contributed by atoms with Crippen molar-refractivity contribution in [2.24, 2.45) is 0 Å². The van der Waals surface area contributed by atoms with Crippen LogP contribution in [-0.4, -0.2) is 37.6 Å². The van der Waals surface area contributed by atoms with E-state index < -0.39 is 6.10 Å². The Morgan fingerprint density at radius 3 is 2.55 bits per heavy atom. The first-order chi connectivity index (χ1) is 14.1. The van der Waals surface area contributed by atoms with Crippen LogP contribution in [0.25, 0.3) is 0 Å². The number of ether oxygens (including phenoxy) is 1. The minimum absolute atomic E-state index is 0.111. The van der Waals surface area contributed by atoms with E-state index in [1.165, 1.54) is 24.9 Å². The summed E-state index contributed by atoms with van der Waals surface area (Å²) in [6, 6.07) is 15.4. The van der Waals surface area contributed by atoms with Gasteiger partial charge in [0.2, 0.25) is 5.91 Å². The van der Waals surface area contributed by atoms with Crippen LogP contribution in [0.15, 0.2) is 48.5 Å². The first-order valence-corrected chi connectivity index (χ1v) is 10.3. The normalized spacial score (nSPS) is 18.8. The van der Waals surface area contributed by atoms with Crippen LogP contribution >= 0.6 is 0 Å². The summed E-state index contributed by atoms with van der Waals surface area (Å²) in [5.74, 6) is 0.441. The molecular formula is C23H27N3O3. The summed E-state index contributed by atoms with van der Waals surface area (Å²) >= 11 is 0. The highest BCUT2D eigenvalue weighted by Crippen LogP contribution is 2.33. The lowest BCUT2D eigenvalue weighted by atomic mass is 10.1. The Kier molecular flexibility index (Phi) is 5.69. The van der Waals surface area contributed by atoms with Gasteiger partial charge in [-0.3, -0.25) is 9.59 Å². The van der Waals surface area contributed by atoms with E-state index >= 15 is 0 Å². The molecule has 29 heavy (non-hydrogen) atoms. The summed E-state index contributed by atoms with van der Waals surface area (Å²) in [7, 11) is 0. The zero-order chi connectivity index (χ0) is 20.2. The Morgan fingerprint density at radius 2 is 1.79 bits per heavy atom. The van der Waals surface area contributed by atoms with Gasteiger partial charge in [0, 0.05) is 37.4 Å². The molecule has 2 aromatic carbocycles. The van der Waals surface area contributed by atoms with Crippen LogP contribution in [0.2, 0.25) is 0 Å². The van der Waals surface area contributed by atoms with Crippen molar-refractivity contribution in [1.29, 1.82) is 0 Å². The molecule has 2 aliphatic heterocycles. The van der Waals surface area contributed by atoms with Gasteiger partial charge in [0.15, 0.2) is 6.10 Å². The maximum absolute atomic E-state index is 12.5. The average molecular weight is 393 g/mol. The number of carbonyl (C=O) groups excluding carboxylic acids is 2. The van der Waals surface area contributed by atoms with Crippen molar-refractivity contribution in [3.05, 3.63) is 48.5 Å². The smallest absolute Gasteiger partial charge is 0.267 e. The topological polar surface area (TPSA) is 61.9 Å². The molecule has 1 atom stereocenters. The number of anilines is 3. The lowest BCUT2D eigenvalue weighted by Gasteiger charge is -2.32. The standard InChI is InChI=1S/C23H27N3O3/c1-17-23(28)26(20-7-3-4-8-21(20)29-17)16-13-22(27)24-18-9-11-19(12-10-18)25-14-5-2-6-15-25/h3-4,7-12,17H,2,5-6,13-16H2,1H3,(H,24,27). The fourth-order valence-corrected chi connectivity index (χ4v) is 3.93. The number of amides is 2. The van der Waals surface area contributed by atoms with Gasteiger partial charge in [0.25, 0.3) is 5.91 Å². The van der Waals surface area contributed by atoms with Crippen molar-refractivity contribution in [1.82, 2.24) is 0 Å². The number of benzene rings is 2. The Balaban J connectivity index is 1.35. The Morgan fingerprint density at radius 1 is 1.07 bits per heavy atom. The van der Waals surface area contributed by atoms with Crippen molar-refractivity contribution < 1.29 is 14.3 Å². The van der Waals surface area contributed by atoms with Crippen molar-refractivity contribution in [3.8, 4) is 5.75 Å². The molecule has 2 aliphatic rings. The molecule has 1 N–H and O–H groups in total. The molecule has 6 nitrogen and oxygen atoms in total. The highest BCUT2D eigenvalue weighted by molar-refractivity contribution is 6.00. The van der Waals surface area contributed by atoms with E-state index in [1.54, 1.807) is 11.8 Å². The van der Waals surface area contributed by atoms with Gasteiger partial charge in [-0.15, -0.1) is 0 Å². The molecule has 0 aliphatic carbocycles. The second kappa shape index (κ2) is 8.55. The molecule has 0 bridgehead atoms. The Hall–Kier alpha value is -3.02. The summed E-state index contributed by atoms with van der Waals surface area (Å²) in [6.45, 7) is 4.24. The Labute approximate surface area is 171 Å². The average Bonchev–Trinajstić information content (AvgIpc) is 2.75. The molecule has 0 aromatic heterocycles. The number of hydrogen-bond acceptors (Lipinski definition) is 4. The third-order valence-electron chi connectivity index (χ3n) is 5.51. The van der Waals surface area contributed by atoms with Gasteiger partial charge in [-0.2, -0.15) is 0 Å². The third-order valence-corrected chi connectivity index (χ3v) is 5.51. The molecule has 2 heterocycles. The van der Waals surface area contributed by atoms with Gasteiger partial charge < -0.3 is 19.9 Å². The van der Waals surface area contributed by atoms with E-state index in [2.05, 4.69) is 22.3 Å². The number of nitrogens with one attached hydrogen (secondary N) is 1. The monoisotopic (exact) mass is 393 g/mol. The number of nitrogens with zero attached hydrogens (tertiary/aromatic N) is 2. The summed E-state index contributed by atoms with van der Waals surface area (Å²) in [6.07, 6.45) is 3.46.